The van der Waals surface area contributed by atoms with Crippen LogP contribution >= 0.6 is 0 Å². The second-order valence-corrected chi connectivity index (χ2v) is 8.06. The molecule has 2 aliphatic rings. The van der Waals surface area contributed by atoms with E-state index >= 15 is 0 Å². The highest BCUT2D eigenvalue weighted by Gasteiger charge is 2.42. The van der Waals surface area contributed by atoms with Crippen LogP contribution in [0.25, 0.3) is 0 Å². The van der Waals surface area contributed by atoms with E-state index in [-0.39, 0.29) is 23.7 Å². The maximum atomic E-state index is 13.1. The Kier molecular flexibility index (Phi) is 5.93. The fourth-order valence-electron chi connectivity index (χ4n) is 4.22. The van der Waals surface area contributed by atoms with Crippen molar-refractivity contribution in [3.05, 3.63) is 59.7 Å². The molecule has 0 radical (unpaired) electrons. The van der Waals surface area contributed by atoms with Gasteiger partial charge in [0, 0.05) is 36.7 Å². The largest absolute Gasteiger partial charge is 0.493 e. The molecule has 2 atom stereocenters. The van der Waals surface area contributed by atoms with Gasteiger partial charge in [0.1, 0.15) is 0 Å². The lowest BCUT2D eigenvalue weighted by Gasteiger charge is -2.21. The van der Waals surface area contributed by atoms with Crippen molar-refractivity contribution in [3.63, 3.8) is 0 Å². The van der Waals surface area contributed by atoms with Crippen molar-refractivity contribution in [2.24, 2.45) is 11.8 Å². The Morgan fingerprint density at radius 2 is 1.77 bits per heavy atom. The van der Waals surface area contributed by atoms with E-state index in [2.05, 4.69) is 5.32 Å². The molecule has 4 rings (SSSR count). The third kappa shape index (κ3) is 4.13. The van der Waals surface area contributed by atoms with E-state index in [9.17, 15) is 9.59 Å². The van der Waals surface area contributed by atoms with Crippen LogP contribution in [-0.2, 0) is 4.79 Å². The fraction of sp³-hybridized carbons (Fsp3) is 0.417. The van der Waals surface area contributed by atoms with Crippen LogP contribution in [0.5, 0.6) is 11.5 Å². The number of hydrogen-bond acceptors (Lipinski definition) is 4. The Morgan fingerprint density at radius 3 is 2.43 bits per heavy atom. The smallest absolute Gasteiger partial charge is 0.253 e. The third-order valence-electron chi connectivity index (χ3n) is 6.06. The van der Waals surface area contributed by atoms with Gasteiger partial charge in [0.25, 0.3) is 5.91 Å². The number of amides is 2. The van der Waals surface area contributed by atoms with E-state index in [4.69, 9.17) is 9.47 Å². The molecule has 0 unspecified atom stereocenters. The molecule has 1 saturated carbocycles. The molecule has 2 fully saturated rings. The standard InChI is InChI=1S/C24H28N2O4/c1-29-21-10-6-9-18(22(21)30-2)19-14-26(24(28)17-7-4-3-5-8-17)15-20(19)23(27)25-13-16-11-12-16/h3-10,16,19-20H,11-15H2,1-2H3,(H,25,27)/t19-,20+/m1/s1. The molecule has 30 heavy (non-hydrogen) atoms. The van der Waals surface area contributed by atoms with Crippen LogP contribution in [0.4, 0.5) is 0 Å². The van der Waals surface area contributed by atoms with Crippen LogP contribution in [0.1, 0.15) is 34.7 Å². The van der Waals surface area contributed by atoms with Gasteiger partial charge in [-0.15, -0.1) is 0 Å². The Bertz CT molecular complexity index is 911. The van der Waals surface area contributed by atoms with Crippen LogP contribution < -0.4 is 14.8 Å². The molecule has 0 spiro atoms. The molecular formula is C24H28N2O4. The maximum absolute atomic E-state index is 13.1. The van der Waals surface area contributed by atoms with Crippen LogP contribution in [0, 0.1) is 11.8 Å². The molecule has 2 aromatic carbocycles. The lowest BCUT2D eigenvalue weighted by atomic mass is 9.87. The minimum absolute atomic E-state index is 0.000125. The normalized spacial score (nSPS) is 20.7. The summed E-state index contributed by atoms with van der Waals surface area (Å²) in [6, 6.07) is 14.9. The van der Waals surface area contributed by atoms with E-state index in [0.717, 1.165) is 5.56 Å². The predicted octanol–water partition coefficient (Wildman–Crippen LogP) is 3.09. The summed E-state index contributed by atoms with van der Waals surface area (Å²) in [7, 11) is 3.20. The number of nitrogens with one attached hydrogen (secondary N) is 1. The summed E-state index contributed by atoms with van der Waals surface area (Å²) >= 11 is 0. The SMILES string of the molecule is COc1cccc([C@H]2CN(C(=O)c3ccccc3)C[C@@H]2C(=O)NCC2CC2)c1OC. The summed E-state index contributed by atoms with van der Waals surface area (Å²) in [4.78, 5) is 28.0. The summed E-state index contributed by atoms with van der Waals surface area (Å²) < 4.78 is 11.1. The summed E-state index contributed by atoms with van der Waals surface area (Å²) in [5.41, 5.74) is 1.53. The molecule has 6 nitrogen and oxygen atoms in total. The number of likely N-dealkylation sites (tertiary alicyclic amines) is 1. The molecule has 2 amide bonds. The lowest BCUT2D eigenvalue weighted by Crippen LogP contribution is -2.36. The summed E-state index contributed by atoms with van der Waals surface area (Å²) in [5.74, 6) is 1.29. The van der Waals surface area contributed by atoms with Crippen LogP contribution in [0.15, 0.2) is 48.5 Å². The summed E-state index contributed by atoms with van der Waals surface area (Å²) in [6.07, 6.45) is 2.35. The monoisotopic (exact) mass is 408 g/mol. The van der Waals surface area contributed by atoms with Gasteiger partial charge in [0.15, 0.2) is 11.5 Å². The van der Waals surface area contributed by atoms with Gasteiger partial charge in [-0.1, -0.05) is 30.3 Å². The minimum atomic E-state index is -0.336. The molecule has 2 aromatic rings. The van der Waals surface area contributed by atoms with Gasteiger partial charge in [-0.2, -0.15) is 0 Å². The van der Waals surface area contributed by atoms with Crippen molar-refractivity contribution in [2.75, 3.05) is 33.9 Å². The Balaban J connectivity index is 1.63. The average molecular weight is 408 g/mol. The molecule has 1 aliphatic carbocycles. The molecule has 1 aliphatic heterocycles. The van der Waals surface area contributed by atoms with Crippen LogP contribution in [0.3, 0.4) is 0 Å². The number of benzene rings is 2. The molecule has 158 valence electrons. The lowest BCUT2D eigenvalue weighted by molar-refractivity contribution is -0.125. The second kappa shape index (κ2) is 8.78. The second-order valence-electron chi connectivity index (χ2n) is 8.06. The van der Waals surface area contributed by atoms with Gasteiger partial charge in [-0.05, 0) is 37.0 Å². The van der Waals surface area contributed by atoms with Crippen molar-refractivity contribution in [1.29, 1.82) is 0 Å². The molecule has 1 N–H and O–H groups in total. The van der Waals surface area contributed by atoms with Gasteiger partial charge in [0.05, 0.1) is 20.1 Å². The first-order chi connectivity index (χ1) is 14.6. The number of para-hydroxylation sites is 1. The fourth-order valence-corrected chi connectivity index (χ4v) is 4.22. The molecule has 6 heteroatoms. The number of carbonyl (C=O) groups is 2. The number of rotatable bonds is 7. The molecule has 1 saturated heterocycles. The van der Waals surface area contributed by atoms with Gasteiger partial charge in [-0.25, -0.2) is 0 Å². The van der Waals surface area contributed by atoms with E-state index < -0.39 is 0 Å². The molecule has 1 heterocycles. The average Bonchev–Trinajstić information content (AvgIpc) is 3.52. The summed E-state index contributed by atoms with van der Waals surface area (Å²) in [6.45, 7) is 1.55. The molecular weight excluding hydrogens is 380 g/mol. The van der Waals surface area contributed by atoms with E-state index in [0.29, 0.717) is 42.6 Å². The Labute approximate surface area is 177 Å². The zero-order chi connectivity index (χ0) is 21.1. The van der Waals surface area contributed by atoms with Crippen molar-refractivity contribution in [3.8, 4) is 11.5 Å². The van der Waals surface area contributed by atoms with Gasteiger partial charge >= 0.3 is 0 Å². The zero-order valence-corrected chi connectivity index (χ0v) is 17.5. The highest BCUT2D eigenvalue weighted by atomic mass is 16.5. The Hall–Kier alpha value is -3.02. The van der Waals surface area contributed by atoms with Gasteiger partial charge < -0.3 is 19.7 Å². The highest BCUT2D eigenvalue weighted by molar-refractivity contribution is 5.95. The zero-order valence-electron chi connectivity index (χ0n) is 17.5. The number of nitrogens with zero attached hydrogens (tertiary/aromatic N) is 1. The predicted molar refractivity (Wildman–Crippen MR) is 114 cm³/mol. The quantitative estimate of drug-likeness (QED) is 0.765. The topological polar surface area (TPSA) is 67.9 Å². The van der Waals surface area contributed by atoms with Crippen LogP contribution in [-0.4, -0.2) is 50.6 Å². The van der Waals surface area contributed by atoms with E-state index in [1.807, 2.05) is 48.5 Å². The van der Waals surface area contributed by atoms with Crippen molar-refractivity contribution >= 4 is 11.8 Å². The van der Waals surface area contributed by atoms with Crippen molar-refractivity contribution in [2.45, 2.75) is 18.8 Å². The molecule has 0 aromatic heterocycles. The highest BCUT2D eigenvalue weighted by Crippen LogP contribution is 2.42. The van der Waals surface area contributed by atoms with E-state index in [1.165, 1.54) is 12.8 Å². The minimum Gasteiger partial charge on any atom is -0.493 e. The third-order valence-corrected chi connectivity index (χ3v) is 6.06. The molecule has 0 bridgehead atoms. The van der Waals surface area contributed by atoms with Gasteiger partial charge in [-0.3, -0.25) is 9.59 Å². The Morgan fingerprint density at radius 1 is 1.00 bits per heavy atom. The first-order valence-corrected chi connectivity index (χ1v) is 10.4. The first-order valence-electron chi connectivity index (χ1n) is 10.4. The van der Waals surface area contributed by atoms with E-state index in [1.54, 1.807) is 19.1 Å². The number of carbonyl (C=O) groups excluding carboxylic acids is 2. The van der Waals surface area contributed by atoms with Gasteiger partial charge in [0.2, 0.25) is 5.91 Å². The number of hydrogen-bond donors (Lipinski definition) is 1. The van der Waals surface area contributed by atoms with Crippen LogP contribution in [0.2, 0.25) is 0 Å². The summed E-state index contributed by atoms with van der Waals surface area (Å²) in [5, 5.41) is 3.10. The first kappa shape index (κ1) is 20.3. The number of ether oxygens (including phenoxy) is 2. The number of methoxy groups -OCH3 is 2. The van der Waals surface area contributed by atoms with Crippen molar-refractivity contribution in [1.82, 2.24) is 10.2 Å². The maximum Gasteiger partial charge on any atom is 0.253 e. The van der Waals surface area contributed by atoms with Crippen molar-refractivity contribution < 1.29 is 19.1 Å².